The molecule has 0 aliphatic carbocycles. The van der Waals surface area contributed by atoms with Crippen molar-refractivity contribution < 1.29 is 13.5 Å². The van der Waals surface area contributed by atoms with Gasteiger partial charge in [-0.05, 0) is 29.8 Å². The van der Waals surface area contributed by atoms with Crippen LogP contribution in [0.15, 0.2) is 62.0 Å². The number of hydrogen-bond donors (Lipinski definition) is 1. The summed E-state index contributed by atoms with van der Waals surface area (Å²) >= 11 is 0. The van der Waals surface area contributed by atoms with Gasteiger partial charge in [0.25, 0.3) is 0 Å². The predicted octanol–water partition coefficient (Wildman–Crippen LogP) is 2.43. The Morgan fingerprint density at radius 2 is 1.50 bits per heavy atom. The maximum absolute atomic E-state index is 12.6. The van der Waals surface area contributed by atoms with Crippen LogP contribution in [0, 0.1) is 0 Å². The maximum Gasteiger partial charge on any atom is 0.0874 e. The van der Waals surface area contributed by atoms with Crippen LogP contribution >= 0.6 is 0 Å². The third-order valence-corrected chi connectivity index (χ3v) is 6.72. The van der Waals surface area contributed by atoms with Gasteiger partial charge in [0.1, 0.15) is 0 Å². The highest BCUT2D eigenvalue weighted by atomic mass is 32.2. The molecule has 3 unspecified atom stereocenters. The molecule has 20 heavy (non-hydrogen) atoms. The quantitative estimate of drug-likeness (QED) is 0.791. The van der Waals surface area contributed by atoms with Gasteiger partial charge >= 0.3 is 0 Å². The first-order valence-corrected chi connectivity index (χ1v) is 8.61. The van der Waals surface area contributed by atoms with Gasteiger partial charge < -0.3 is 5.11 Å². The van der Waals surface area contributed by atoms with E-state index in [2.05, 4.69) is 0 Å². The number of rotatable bonds is 2. The third-order valence-electron chi connectivity index (χ3n) is 3.46. The van der Waals surface area contributed by atoms with E-state index in [1.807, 2.05) is 13.0 Å². The van der Waals surface area contributed by atoms with Gasteiger partial charge in [-0.3, -0.25) is 0 Å². The summed E-state index contributed by atoms with van der Waals surface area (Å²) in [5.74, 6) is -0.0251. The average molecular weight is 306 g/mol. The zero-order valence-electron chi connectivity index (χ0n) is 10.9. The molecule has 0 aromatic heterocycles. The SMILES string of the molecule is CC(CO)c1ccc2c(c1)S(=O)c1ccccc1S2=O. The Hall–Kier alpha value is -1.30. The highest BCUT2D eigenvalue weighted by Crippen LogP contribution is 2.36. The van der Waals surface area contributed by atoms with E-state index in [4.69, 9.17) is 0 Å². The van der Waals surface area contributed by atoms with Crippen molar-refractivity contribution >= 4 is 21.6 Å². The van der Waals surface area contributed by atoms with Crippen LogP contribution in [-0.2, 0) is 21.6 Å². The number of aliphatic hydroxyl groups is 1. The second-order valence-corrected chi connectivity index (χ2v) is 7.61. The second kappa shape index (κ2) is 5.24. The molecule has 1 N–H and O–H groups in total. The van der Waals surface area contributed by atoms with E-state index in [1.54, 1.807) is 36.4 Å². The van der Waals surface area contributed by atoms with E-state index in [-0.39, 0.29) is 12.5 Å². The molecule has 3 rings (SSSR count). The number of fused-ring (bicyclic) bond motifs is 2. The van der Waals surface area contributed by atoms with Crippen LogP contribution in [-0.4, -0.2) is 20.1 Å². The molecule has 2 aromatic rings. The van der Waals surface area contributed by atoms with E-state index >= 15 is 0 Å². The van der Waals surface area contributed by atoms with Crippen molar-refractivity contribution in [1.82, 2.24) is 0 Å². The van der Waals surface area contributed by atoms with Crippen LogP contribution in [0.3, 0.4) is 0 Å². The predicted molar refractivity (Wildman–Crippen MR) is 77.7 cm³/mol. The molecular weight excluding hydrogens is 292 g/mol. The highest BCUT2D eigenvalue weighted by molar-refractivity contribution is 7.91. The fraction of sp³-hybridized carbons (Fsp3) is 0.200. The summed E-state index contributed by atoms with van der Waals surface area (Å²) in [5.41, 5.74) is 0.913. The van der Waals surface area contributed by atoms with Gasteiger partial charge in [0.05, 0.1) is 41.2 Å². The first kappa shape index (κ1) is 13.7. The van der Waals surface area contributed by atoms with E-state index in [0.717, 1.165) is 5.56 Å². The normalized spacial score (nSPS) is 21.9. The van der Waals surface area contributed by atoms with Gasteiger partial charge in [-0.1, -0.05) is 25.1 Å². The van der Waals surface area contributed by atoms with Crippen molar-refractivity contribution in [1.29, 1.82) is 0 Å². The van der Waals surface area contributed by atoms with E-state index in [9.17, 15) is 13.5 Å². The number of hydrogen-bond acceptors (Lipinski definition) is 3. The first-order chi connectivity index (χ1) is 9.63. The Morgan fingerprint density at radius 3 is 2.10 bits per heavy atom. The van der Waals surface area contributed by atoms with Gasteiger partial charge in [0.15, 0.2) is 0 Å². The summed E-state index contributed by atoms with van der Waals surface area (Å²) in [7, 11) is -2.60. The fourth-order valence-corrected chi connectivity index (χ4v) is 5.44. The Morgan fingerprint density at radius 1 is 0.950 bits per heavy atom. The summed E-state index contributed by atoms with van der Waals surface area (Å²) in [6, 6.07) is 12.6. The van der Waals surface area contributed by atoms with Crippen LogP contribution in [0.5, 0.6) is 0 Å². The lowest BCUT2D eigenvalue weighted by atomic mass is 10.0. The van der Waals surface area contributed by atoms with Gasteiger partial charge in [-0.25, -0.2) is 8.42 Å². The van der Waals surface area contributed by atoms with Crippen LogP contribution in [0.1, 0.15) is 18.4 Å². The van der Waals surface area contributed by atoms with Crippen LogP contribution in [0.25, 0.3) is 0 Å². The van der Waals surface area contributed by atoms with Crippen LogP contribution in [0.4, 0.5) is 0 Å². The van der Waals surface area contributed by atoms with Crippen molar-refractivity contribution in [2.75, 3.05) is 6.61 Å². The Balaban J connectivity index is 2.18. The zero-order chi connectivity index (χ0) is 14.3. The molecule has 1 aliphatic rings. The van der Waals surface area contributed by atoms with Crippen molar-refractivity contribution in [3.8, 4) is 0 Å². The van der Waals surface area contributed by atoms with Gasteiger partial charge in [-0.2, -0.15) is 0 Å². The van der Waals surface area contributed by atoms with E-state index in [1.165, 1.54) is 0 Å². The van der Waals surface area contributed by atoms with Crippen LogP contribution in [0.2, 0.25) is 0 Å². The van der Waals surface area contributed by atoms with Gasteiger partial charge in [0, 0.05) is 12.5 Å². The minimum atomic E-state index is -1.31. The van der Waals surface area contributed by atoms with Gasteiger partial charge in [0.2, 0.25) is 0 Å². The van der Waals surface area contributed by atoms with Crippen LogP contribution < -0.4 is 0 Å². The average Bonchev–Trinajstić information content (AvgIpc) is 2.51. The minimum absolute atomic E-state index is 0.0251. The largest absolute Gasteiger partial charge is 0.396 e. The summed E-state index contributed by atoms with van der Waals surface area (Å²) in [6.45, 7) is 1.93. The topological polar surface area (TPSA) is 54.4 Å². The summed E-state index contributed by atoms with van der Waals surface area (Å²) in [6.07, 6.45) is 0. The fourth-order valence-electron chi connectivity index (χ4n) is 2.23. The molecule has 0 saturated carbocycles. The molecule has 5 heteroatoms. The molecule has 0 amide bonds. The zero-order valence-corrected chi connectivity index (χ0v) is 12.5. The molecule has 1 aliphatic heterocycles. The van der Waals surface area contributed by atoms with Crippen molar-refractivity contribution in [2.24, 2.45) is 0 Å². The van der Waals surface area contributed by atoms with Gasteiger partial charge in [-0.15, -0.1) is 0 Å². The minimum Gasteiger partial charge on any atom is -0.396 e. The Labute approximate surface area is 122 Å². The second-order valence-electron chi connectivity index (χ2n) is 4.77. The lowest BCUT2D eigenvalue weighted by Crippen LogP contribution is -2.12. The molecule has 0 radical (unpaired) electrons. The van der Waals surface area contributed by atoms with Crippen molar-refractivity contribution in [3.05, 3.63) is 48.0 Å². The molecule has 104 valence electrons. The third kappa shape index (κ3) is 2.06. The standard InChI is InChI=1S/C15H14O3S2/c1-10(9-16)11-6-7-14-15(8-11)20(18)13-5-3-2-4-12(13)19(14)17/h2-8,10,16H,9H2,1H3. The van der Waals surface area contributed by atoms with E-state index < -0.39 is 21.6 Å². The number of benzene rings is 2. The summed E-state index contributed by atoms with van der Waals surface area (Å²) < 4.78 is 25.2. The molecule has 2 aromatic carbocycles. The lowest BCUT2D eigenvalue weighted by Gasteiger charge is -2.20. The molecule has 3 nitrogen and oxygen atoms in total. The molecular formula is C15H14O3S2. The molecule has 3 atom stereocenters. The van der Waals surface area contributed by atoms with Crippen molar-refractivity contribution in [3.63, 3.8) is 0 Å². The molecule has 0 bridgehead atoms. The maximum atomic E-state index is 12.6. The molecule has 0 saturated heterocycles. The molecule has 0 fully saturated rings. The summed E-state index contributed by atoms with van der Waals surface area (Å²) in [5, 5.41) is 9.23. The highest BCUT2D eigenvalue weighted by Gasteiger charge is 2.28. The Kier molecular flexibility index (Phi) is 3.58. The number of aliphatic hydroxyl groups excluding tert-OH is 1. The first-order valence-electron chi connectivity index (χ1n) is 6.31. The Bertz CT molecular complexity index is 725. The van der Waals surface area contributed by atoms with E-state index in [0.29, 0.717) is 19.6 Å². The smallest absolute Gasteiger partial charge is 0.0874 e. The summed E-state index contributed by atoms with van der Waals surface area (Å²) in [4.78, 5) is 2.45. The van der Waals surface area contributed by atoms with Crippen molar-refractivity contribution in [2.45, 2.75) is 32.4 Å². The lowest BCUT2D eigenvalue weighted by molar-refractivity contribution is 0.273. The molecule has 0 spiro atoms. The monoisotopic (exact) mass is 306 g/mol. The molecule has 1 heterocycles.